The van der Waals surface area contributed by atoms with Gasteiger partial charge in [0.25, 0.3) is 0 Å². The van der Waals surface area contributed by atoms with Gasteiger partial charge < -0.3 is 0 Å². The zero-order chi connectivity index (χ0) is 34.7. The minimum Gasteiger partial charge on any atom is -0.159 e. The molecule has 48 heavy (non-hydrogen) atoms. The largest absolute Gasteiger partial charge is 0.388 e. The molecule has 7 rings (SSSR count). The first-order chi connectivity index (χ1) is 22.5. The molecule has 4 heterocycles. The summed E-state index contributed by atoms with van der Waals surface area (Å²) in [5.41, 5.74) is 18.8. The Kier molecular flexibility index (Phi) is 7.69. The summed E-state index contributed by atoms with van der Waals surface area (Å²) < 4.78 is 3.58. The number of nitrogens with zero attached hydrogens (tertiary/aromatic N) is 2. The summed E-state index contributed by atoms with van der Waals surface area (Å²) in [4.78, 5) is 0. The van der Waals surface area contributed by atoms with Crippen LogP contribution in [0.5, 0.6) is 0 Å². The van der Waals surface area contributed by atoms with Crippen LogP contribution in [0.2, 0.25) is 0 Å². The Hall–Kier alpha value is -2.97. The number of quaternary nitrogens is 1. The normalized spacial score (nSPS) is 22.1. The van der Waals surface area contributed by atoms with Gasteiger partial charge in [-0.3, -0.25) is 0 Å². The first-order valence-electron chi connectivity index (χ1n) is 19.2. The molecule has 1 spiro atoms. The second-order valence-electron chi connectivity index (χ2n) is 18.9. The van der Waals surface area contributed by atoms with E-state index < -0.39 is 0 Å². The lowest BCUT2D eigenvalue weighted by Crippen LogP contribution is -2.53. The molecule has 2 atom stereocenters. The fraction of sp³-hybridized carbons (Fsp3) is 0.543. The van der Waals surface area contributed by atoms with Crippen molar-refractivity contribution in [1.82, 2.24) is 4.48 Å². The number of amidine groups is 1. The topological polar surface area (TPSA) is 3.01 Å². The van der Waals surface area contributed by atoms with E-state index in [0.717, 1.165) is 23.9 Å². The van der Waals surface area contributed by atoms with Crippen LogP contribution in [0.15, 0.2) is 48.7 Å². The van der Waals surface area contributed by atoms with Gasteiger partial charge in [-0.05, 0) is 95.2 Å². The Balaban J connectivity index is 1.64. The van der Waals surface area contributed by atoms with E-state index in [-0.39, 0.29) is 22.3 Å². The highest BCUT2D eigenvalue weighted by molar-refractivity contribution is 6.22. The van der Waals surface area contributed by atoms with Crippen LogP contribution in [0.3, 0.4) is 0 Å². The third-order valence-electron chi connectivity index (χ3n) is 12.5. The Morgan fingerprint density at radius 3 is 2.04 bits per heavy atom. The van der Waals surface area contributed by atoms with E-state index in [0.29, 0.717) is 11.8 Å². The van der Waals surface area contributed by atoms with Gasteiger partial charge in [-0.15, -0.1) is 4.58 Å². The van der Waals surface area contributed by atoms with Gasteiger partial charge in [0.1, 0.15) is 11.6 Å². The molecule has 0 N–H and O–H groups in total. The van der Waals surface area contributed by atoms with Crippen molar-refractivity contribution in [3.8, 4) is 11.1 Å². The summed E-state index contributed by atoms with van der Waals surface area (Å²) in [6.07, 6.45) is 8.34. The molecule has 4 aliphatic heterocycles. The van der Waals surface area contributed by atoms with Crippen molar-refractivity contribution >= 4 is 17.2 Å². The second-order valence-corrected chi connectivity index (χ2v) is 18.9. The van der Waals surface area contributed by atoms with Gasteiger partial charge >= 0.3 is 5.84 Å². The number of benzene rings is 3. The van der Waals surface area contributed by atoms with Gasteiger partial charge in [0, 0.05) is 34.6 Å². The molecular weight excluding hydrogens is 581 g/mol. The molecule has 254 valence electrons. The van der Waals surface area contributed by atoms with E-state index in [1.807, 2.05) is 0 Å². The fourth-order valence-electron chi connectivity index (χ4n) is 10.1. The molecule has 2 nitrogen and oxygen atoms in total. The van der Waals surface area contributed by atoms with Crippen LogP contribution < -0.4 is 4.48 Å². The molecule has 0 saturated carbocycles. The van der Waals surface area contributed by atoms with E-state index in [1.54, 1.807) is 16.7 Å². The molecule has 3 aromatic rings. The van der Waals surface area contributed by atoms with Crippen molar-refractivity contribution in [2.24, 2.45) is 10.8 Å². The summed E-state index contributed by atoms with van der Waals surface area (Å²) in [7, 11) is 0. The van der Waals surface area contributed by atoms with Crippen LogP contribution >= 0.6 is 0 Å². The lowest BCUT2D eigenvalue weighted by molar-refractivity contribution is -0.456. The minimum atomic E-state index is 0.183. The highest BCUT2D eigenvalue weighted by atomic mass is 15.5. The molecular formula is C46H62N2+2. The molecule has 0 radical (unpaired) electrons. The number of fused-ring (bicyclic) bond motifs is 4. The van der Waals surface area contributed by atoms with Gasteiger partial charge in [0.2, 0.25) is 11.9 Å². The summed E-state index contributed by atoms with van der Waals surface area (Å²) in [5.74, 6) is 2.49. The van der Waals surface area contributed by atoms with Gasteiger partial charge in [0.15, 0.2) is 12.2 Å². The number of hydrogen-bond acceptors (Lipinski definition) is 0. The van der Waals surface area contributed by atoms with E-state index in [4.69, 9.17) is 0 Å². The molecule has 3 aromatic carbocycles. The molecule has 4 aliphatic rings. The Morgan fingerprint density at radius 1 is 0.812 bits per heavy atom. The van der Waals surface area contributed by atoms with Gasteiger partial charge in [-0.25, -0.2) is 0 Å². The van der Waals surface area contributed by atoms with Crippen molar-refractivity contribution < 1.29 is 4.58 Å². The third-order valence-corrected chi connectivity index (χ3v) is 12.5. The first-order valence-corrected chi connectivity index (χ1v) is 19.2. The maximum Gasteiger partial charge on any atom is 0.388 e. The van der Waals surface area contributed by atoms with Crippen molar-refractivity contribution in [3.05, 3.63) is 93.2 Å². The molecule has 0 saturated heterocycles. The van der Waals surface area contributed by atoms with Gasteiger partial charge in [-0.2, -0.15) is 4.48 Å². The van der Waals surface area contributed by atoms with Crippen LogP contribution in [-0.2, 0) is 18.3 Å². The summed E-state index contributed by atoms with van der Waals surface area (Å²) in [6.45, 7) is 32.5. The number of rotatable bonds is 6. The summed E-state index contributed by atoms with van der Waals surface area (Å²) in [6, 6.07) is 18.2. The first kappa shape index (κ1) is 33.5. The molecule has 0 amide bonds. The van der Waals surface area contributed by atoms with Crippen LogP contribution in [0.4, 0.5) is 5.69 Å². The van der Waals surface area contributed by atoms with Crippen molar-refractivity contribution in [2.75, 3.05) is 6.54 Å². The van der Waals surface area contributed by atoms with Crippen LogP contribution in [0.25, 0.3) is 16.8 Å². The monoisotopic (exact) mass is 642 g/mol. The summed E-state index contributed by atoms with van der Waals surface area (Å²) in [5, 5.41) is 0. The van der Waals surface area contributed by atoms with E-state index in [1.165, 1.54) is 75.4 Å². The average Bonchev–Trinajstić information content (AvgIpc) is 3.40. The maximum absolute atomic E-state index is 2.74. The standard InChI is InChI=1S/C46H62N2/c1-14-46(15-2)19-20-47-27-40-41-35(29(5)6)21-31(28(3)4)22-36(41)30(7)48(40)39-24-33(26-45(11,12)13)32(25-44(8,9)10)23-37(39)34-17-16-18-38(46)42(34)43(47)48/h16-18,21-24,27-30H,14-15,19-20,25-26H2,1-13H3/q+2. The smallest absolute Gasteiger partial charge is 0.159 e. The second kappa shape index (κ2) is 11.0. The van der Waals surface area contributed by atoms with E-state index >= 15 is 0 Å². The van der Waals surface area contributed by atoms with Crippen molar-refractivity contribution in [1.29, 1.82) is 0 Å². The molecule has 2 heteroatoms. The highest BCUT2D eigenvalue weighted by Crippen LogP contribution is 2.63. The Morgan fingerprint density at radius 2 is 1.46 bits per heavy atom. The summed E-state index contributed by atoms with van der Waals surface area (Å²) >= 11 is 0. The molecule has 0 aromatic heterocycles. The third kappa shape index (κ3) is 4.71. The van der Waals surface area contributed by atoms with Gasteiger partial charge in [-0.1, -0.05) is 107 Å². The van der Waals surface area contributed by atoms with Crippen LogP contribution in [0, 0.1) is 10.8 Å². The fourth-order valence-corrected chi connectivity index (χ4v) is 10.1. The predicted octanol–water partition coefficient (Wildman–Crippen LogP) is 12.4. The lowest BCUT2D eigenvalue weighted by atomic mass is 9.69. The van der Waals surface area contributed by atoms with Crippen molar-refractivity contribution in [3.63, 3.8) is 0 Å². The van der Waals surface area contributed by atoms with E-state index in [2.05, 4.69) is 143 Å². The molecule has 2 unspecified atom stereocenters. The van der Waals surface area contributed by atoms with E-state index in [9.17, 15) is 0 Å². The molecule has 0 bridgehead atoms. The molecule has 0 fully saturated rings. The Labute approximate surface area is 292 Å². The quantitative estimate of drug-likeness (QED) is 0.186. The Bertz CT molecular complexity index is 1880. The number of hydrogen-bond donors (Lipinski definition) is 0. The average molecular weight is 643 g/mol. The van der Waals surface area contributed by atoms with Crippen molar-refractivity contribution in [2.45, 2.75) is 145 Å². The minimum absolute atomic E-state index is 0.183. The van der Waals surface area contributed by atoms with Crippen LogP contribution in [-0.4, -0.2) is 17.0 Å². The SMILES string of the molecule is CCC1(CC)CC[N+]2=C3c4c(cccc41)-c1cc(CC(C)(C)C)c(CC(C)(C)C)cc1[N+]31C(=C2)c2c(C(C)C)cc(C(C)C)cc2C1C. The zero-order valence-corrected chi connectivity index (χ0v) is 32.5. The molecule has 0 aliphatic carbocycles. The predicted molar refractivity (Wildman–Crippen MR) is 207 cm³/mol. The lowest BCUT2D eigenvalue weighted by Gasteiger charge is -2.40. The maximum atomic E-state index is 2.74. The van der Waals surface area contributed by atoms with Gasteiger partial charge in [0.05, 0.1) is 5.56 Å². The zero-order valence-electron chi connectivity index (χ0n) is 32.5. The van der Waals surface area contributed by atoms with Crippen LogP contribution in [0.1, 0.15) is 172 Å². The highest BCUT2D eigenvalue weighted by Gasteiger charge is 2.67.